The van der Waals surface area contributed by atoms with Gasteiger partial charge in [-0.05, 0) is 31.6 Å². The zero-order valence-electron chi connectivity index (χ0n) is 17.8. The maximum Gasteiger partial charge on any atom is 0.302 e. The van der Waals surface area contributed by atoms with E-state index >= 15 is 0 Å². The van der Waals surface area contributed by atoms with Gasteiger partial charge < -0.3 is 4.74 Å². The number of unbranched alkanes of at least 4 members (excludes halogenated alkanes) is 5. The van der Waals surface area contributed by atoms with E-state index in [9.17, 15) is 13.2 Å². The van der Waals surface area contributed by atoms with Crippen LogP contribution in [0.2, 0.25) is 0 Å². The number of carbonyl (C=O) groups excluding carboxylic acids is 1. The van der Waals surface area contributed by atoms with Crippen LogP contribution in [0.3, 0.4) is 0 Å². The van der Waals surface area contributed by atoms with Gasteiger partial charge in [-0.2, -0.15) is 4.31 Å². The van der Waals surface area contributed by atoms with Gasteiger partial charge in [0.05, 0.1) is 11.4 Å². The Bertz CT molecular complexity index is 802. The van der Waals surface area contributed by atoms with Crippen LogP contribution in [0, 0.1) is 18.8 Å². The number of hydrogen-bond acceptors (Lipinski definition) is 4. The maximum absolute atomic E-state index is 13.0. The lowest BCUT2D eigenvalue weighted by Crippen LogP contribution is -2.31. The van der Waals surface area contributed by atoms with Crippen molar-refractivity contribution in [3.63, 3.8) is 0 Å². The molecule has 29 heavy (non-hydrogen) atoms. The lowest BCUT2D eigenvalue weighted by atomic mass is 10.1. The van der Waals surface area contributed by atoms with Crippen molar-refractivity contribution in [2.45, 2.75) is 64.2 Å². The molecule has 6 heteroatoms. The molecule has 1 aromatic carbocycles. The lowest BCUT2D eigenvalue weighted by Gasteiger charge is -2.18. The molecule has 0 atom stereocenters. The first-order chi connectivity index (χ1) is 13.9. The molecule has 0 aliphatic rings. The molecule has 0 saturated carbocycles. The fourth-order valence-electron chi connectivity index (χ4n) is 2.58. The summed E-state index contributed by atoms with van der Waals surface area (Å²) in [6, 6.07) is 6.79. The predicted molar refractivity (Wildman–Crippen MR) is 117 cm³/mol. The number of benzene rings is 1. The fourth-order valence-corrected chi connectivity index (χ4v) is 3.88. The van der Waals surface area contributed by atoms with Crippen LogP contribution in [0.4, 0.5) is 0 Å². The standard InChI is InChI=1S/C23H33NO4S/c1-4-5-6-7-8-9-10-11-18-24(19-12-13-20-28-22(3)25)29(26,27)23-16-14-21(2)15-17-23/h12-17H,4-9,18-20H2,1-3H3/b13-12-. The molecule has 0 heterocycles. The minimum absolute atomic E-state index is 0.122. The molecule has 0 unspecified atom stereocenters. The molecule has 0 amide bonds. The molecule has 0 spiro atoms. The second-order valence-electron chi connectivity index (χ2n) is 6.90. The molecular formula is C23H33NO4S. The van der Waals surface area contributed by atoms with Crippen LogP contribution >= 0.6 is 0 Å². The average Bonchev–Trinajstić information content (AvgIpc) is 2.68. The summed E-state index contributed by atoms with van der Waals surface area (Å²) in [5.74, 6) is 5.72. The van der Waals surface area contributed by atoms with E-state index in [4.69, 9.17) is 4.74 Å². The molecule has 0 bridgehead atoms. The summed E-state index contributed by atoms with van der Waals surface area (Å²) >= 11 is 0. The van der Waals surface area contributed by atoms with E-state index in [2.05, 4.69) is 18.8 Å². The number of aryl methyl sites for hydroxylation is 1. The zero-order chi connectivity index (χ0) is 21.5. The first-order valence-corrected chi connectivity index (χ1v) is 11.6. The highest BCUT2D eigenvalue weighted by molar-refractivity contribution is 7.89. The first kappa shape index (κ1) is 24.9. The second-order valence-corrected chi connectivity index (χ2v) is 8.84. The minimum atomic E-state index is -3.65. The summed E-state index contributed by atoms with van der Waals surface area (Å²) in [5.41, 5.74) is 1.000. The number of hydrogen-bond donors (Lipinski definition) is 0. The molecule has 0 aliphatic heterocycles. The van der Waals surface area contributed by atoms with Crippen molar-refractivity contribution >= 4 is 16.0 Å². The largest absolute Gasteiger partial charge is 0.462 e. The van der Waals surface area contributed by atoms with Crippen molar-refractivity contribution in [3.05, 3.63) is 42.0 Å². The van der Waals surface area contributed by atoms with Crippen LogP contribution in [0.1, 0.15) is 57.9 Å². The minimum Gasteiger partial charge on any atom is -0.462 e. The topological polar surface area (TPSA) is 63.7 Å². The fraction of sp³-hybridized carbons (Fsp3) is 0.522. The normalized spacial score (nSPS) is 11.4. The summed E-state index contributed by atoms with van der Waals surface area (Å²) in [6.07, 6.45) is 9.98. The average molecular weight is 420 g/mol. The van der Waals surface area contributed by atoms with E-state index in [0.29, 0.717) is 0 Å². The molecular weight excluding hydrogens is 386 g/mol. The van der Waals surface area contributed by atoms with Crippen molar-refractivity contribution in [2.24, 2.45) is 0 Å². The smallest absolute Gasteiger partial charge is 0.302 e. The third-order valence-corrected chi connectivity index (χ3v) is 6.13. The molecule has 0 fully saturated rings. The van der Waals surface area contributed by atoms with Gasteiger partial charge in [0.2, 0.25) is 10.0 Å². The number of esters is 1. The maximum atomic E-state index is 13.0. The monoisotopic (exact) mass is 419 g/mol. The Morgan fingerprint density at radius 3 is 2.41 bits per heavy atom. The van der Waals surface area contributed by atoms with E-state index in [0.717, 1.165) is 24.8 Å². The van der Waals surface area contributed by atoms with Crippen molar-refractivity contribution in [1.29, 1.82) is 0 Å². The van der Waals surface area contributed by atoms with E-state index in [1.54, 1.807) is 36.4 Å². The molecule has 160 valence electrons. The lowest BCUT2D eigenvalue weighted by molar-refractivity contribution is -0.139. The van der Waals surface area contributed by atoms with E-state index in [-0.39, 0.29) is 30.6 Å². The molecule has 0 radical (unpaired) electrons. The van der Waals surface area contributed by atoms with Crippen molar-refractivity contribution in [3.8, 4) is 11.8 Å². The van der Waals surface area contributed by atoms with Crippen LogP contribution in [-0.2, 0) is 19.6 Å². The molecule has 0 N–H and O–H groups in total. The van der Waals surface area contributed by atoms with Crippen LogP contribution < -0.4 is 0 Å². The molecule has 1 aromatic rings. The summed E-state index contributed by atoms with van der Waals surface area (Å²) in [7, 11) is -3.65. The van der Waals surface area contributed by atoms with Crippen LogP contribution in [0.5, 0.6) is 0 Å². The highest BCUT2D eigenvalue weighted by atomic mass is 32.2. The predicted octanol–water partition coefficient (Wildman–Crippen LogP) is 4.47. The van der Waals surface area contributed by atoms with Gasteiger partial charge in [0.15, 0.2) is 0 Å². The Kier molecular flexibility index (Phi) is 12.0. The summed E-state index contributed by atoms with van der Waals surface area (Å²) in [5, 5.41) is 0. The van der Waals surface area contributed by atoms with E-state index < -0.39 is 10.0 Å². The van der Waals surface area contributed by atoms with Crippen molar-refractivity contribution in [2.75, 3.05) is 19.7 Å². The Balaban J connectivity index is 2.75. The number of nitrogens with zero attached hydrogens (tertiary/aromatic N) is 1. The van der Waals surface area contributed by atoms with Gasteiger partial charge in [0, 0.05) is 19.9 Å². The first-order valence-electron chi connectivity index (χ1n) is 10.2. The molecule has 0 saturated heterocycles. The molecule has 5 nitrogen and oxygen atoms in total. The van der Waals surface area contributed by atoms with Gasteiger partial charge >= 0.3 is 5.97 Å². The third-order valence-electron chi connectivity index (χ3n) is 4.30. The molecule has 0 aromatic heterocycles. The van der Waals surface area contributed by atoms with Gasteiger partial charge in [-0.25, -0.2) is 8.42 Å². The number of sulfonamides is 1. The Hall–Kier alpha value is -2.10. The Morgan fingerprint density at radius 1 is 1.07 bits per heavy atom. The third kappa shape index (κ3) is 10.3. The second kappa shape index (κ2) is 14.0. The van der Waals surface area contributed by atoms with Crippen LogP contribution in [0.15, 0.2) is 41.3 Å². The van der Waals surface area contributed by atoms with E-state index in [1.165, 1.54) is 30.5 Å². The Morgan fingerprint density at radius 2 is 1.76 bits per heavy atom. The zero-order valence-corrected chi connectivity index (χ0v) is 18.6. The van der Waals surface area contributed by atoms with Crippen LogP contribution in [-0.4, -0.2) is 38.4 Å². The van der Waals surface area contributed by atoms with Gasteiger partial charge in [-0.3, -0.25) is 4.79 Å². The highest BCUT2D eigenvalue weighted by Gasteiger charge is 2.22. The van der Waals surface area contributed by atoms with Gasteiger partial charge in [0.1, 0.15) is 6.61 Å². The summed E-state index contributed by atoms with van der Waals surface area (Å²) in [4.78, 5) is 11.1. The number of carbonyl (C=O) groups is 1. The quantitative estimate of drug-likeness (QED) is 0.217. The SMILES string of the molecule is CCCCCCCC#CCN(C/C=C\COC(C)=O)S(=O)(=O)c1ccc(C)cc1. The summed E-state index contributed by atoms with van der Waals surface area (Å²) < 4.78 is 32.2. The summed E-state index contributed by atoms with van der Waals surface area (Å²) in [6.45, 7) is 5.85. The van der Waals surface area contributed by atoms with Crippen molar-refractivity contribution in [1.82, 2.24) is 4.31 Å². The van der Waals surface area contributed by atoms with Gasteiger partial charge in [0.25, 0.3) is 0 Å². The van der Waals surface area contributed by atoms with E-state index in [1.807, 2.05) is 6.92 Å². The number of ether oxygens (including phenoxy) is 1. The van der Waals surface area contributed by atoms with Crippen molar-refractivity contribution < 1.29 is 17.9 Å². The van der Waals surface area contributed by atoms with Gasteiger partial charge in [-0.1, -0.05) is 62.3 Å². The molecule has 1 rings (SSSR count). The highest BCUT2D eigenvalue weighted by Crippen LogP contribution is 2.16. The molecule has 0 aliphatic carbocycles. The Labute approximate surface area is 176 Å². The van der Waals surface area contributed by atoms with Gasteiger partial charge in [-0.15, -0.1) is 5.92 Å². The number of rotatable bonds is 12. The van der Waals surface area contributed by atoms with Crippen LogP contribution in [0.25, 0.3) is 0 Å².